The van der Waals surface area contributed by atoms with Crippen molar-refractivity contribution in [1.82, 2.24) is 10.6 Å². The molecule has 2 fully saturated rings. The molecule has 98 valence electrons. The molecule has 4 heteroatoms. The van der Waals surface area contributed by atoms with Crippen LogP contribution in [0.5, 0.6) is 0 Å². The van der Waals surface area contributed by atoms with E-state index < -0.39 is 0 Å². The van der Waals surface area contributed by atoms with Crippen LogP contribution in [0.1, 0.15) is 39.0 Å². The van der Waals surface area contributed by atoms with Gasteiger partial charge in [-0.3, -0.25) is 4.79 Å². The molecule has 0 spiro atoms. The highest BCUT2D eigenvalue weighted by Gasteiger charge is 2.21. The summed E-state index contributed by atoms with van der Waals surface area (Å²) in [6.07, 6.45) is 5.13. The highest BCUT2D eigenvalue weighted by Crippen LogP contribution is 2.16. The Hall–Kier alpha value is -0.610. The average Bonchev–Trinajstić information content (AvgIpc) is 2.79. The molecule has 2 aliphatic heterocycles. The van der Waals surface area contributed by atoms with Crippen molar-refractivity contribution in [2.24, 2.45) is 5.92 Å². The van der Waals surface area contributed by atoms with Crippen LogP contribution in [-0.4, -0.2) is 37.7 Å². The second-order valence-electron chi connectivity index (χ2n) is 5.37. The first-order chi connectivity index (χ1) is 8.24. The van der Waals surface area contributed by atoms with Gasteiger partial charge >= 0.3 is 0 Å². The molecule has 2 rings (SSSR count). The zero-order chi connectivity index (χ0) is 12.1. The second kappa shape index (κ2) is 6.36. The normalized spacial score (nSPS) is 33.6. The summed E-state index contributed by atoms with van der Waals surface area (Å²) in [6, 6.07) is 0.327. The van der Waals surface area contributed by atoms with Gasteiger partial charge in [-0.2, -0.15) is 0 Å². The number of hydrogen-bond acceptors (Lipinski definition) is 3. The van der Waals surface area contributed by atoms with Gasteiger partial charge in [0.1, 0.15) is 0 Å². The van der Waals surface area contributed by atoms with E-state index in [9.17, 15) is 4.79 Å². The van der Waals surface area contributed by atoms with Crippen LogP contribution in [0.15, 0.2) is 0 Å². The predicted octanol–water partition coefficient (Wildman–Crippen LogP) is 1.06. The Labute approximate surface area is 103 Å². The monoisotopic (exact) mass is 240 g/mol. The van der Waals surface area contributed by atoms with E-state index >= 15 is 0 Å². The topological polar surface area (TPSA) is 50.4 Å². The Morgan fingerprint density at radius 3 is 3.06 bits per heavy atom. The molecule has 3 atom stereocenters. The Kier molecular flexibility index (Phi) is 4.80. The molecule has 0 aromatic heterocycles. The number of hydrogen-bond donors (Lipinski definition) is 2. The van der Waals surface area contributed by atoms with Crippen LogP contribution in [0.25, 0.3) is 0 Å². The minimum Gasteiger partial charge on any atom is -0.378 e. The summed E-state index contributed by atoms with van der Waals surface area (Å²) in [4.78, 5) is 11.8. The summed E-state index contributed by atoms with van der Waals surface area (Å²) >= 11 is 0. The molecule has 0 aliphatic carbocycles. The number of rotatable bonds is 4. The minimum atomic E-state index is 0.219. The summed E-state index contributed by atoms with van der Waals surface area (Å²) < 4.78 is 5.47. The highest BCUT2D eigenvalue weighted by atomic mass is 16.5. The number of carbonyl (C=O) groups excluding carboxylic acids is 1. The van der Waals surface area contributed by atoms with Crippen LogP contribution < -0.4 is 10.6 Å². The summed E-state index contributed by atoms with van der Waals surface area (Å²) in [7, 11) is 0. The standard InChI is InChI=1S/C13H24N2O2/c1-10-8-12(5-7-17-10)15-13(16)3-2-11-4-6-14-9-11/h10-12,14H,2-9H2,1H3,(H,15,16). The molecule has 0 bridgehead atoms. The third kappa shape index (κ3) is 4.28. The SMILES string of the molecule is CC1CC(NC(=O)CCC2CCNC2)CCO1. The fraction of sp³-hybridized carbons (Fsp3) is 0.923. The van der Waals surface area contributed by atoms with Crippen LogP contribution in [0.3, 0.4) is 0 Å². The minimum absolute atomic E-state index is 0.219. The zero-order valence-electron chi connectivity index (χ0n) is 10.7. The Morgan fingerprint density at radius 2 is 2.35 bits per heavy atom. The third-order valence-corrected chi connectivity index (χ3v) is 3.79. The van der Waals surface area contributed by atoms with Crippen LogP contribution >= 0.6 is 0 Å². The first-order valence-electron chi connectivity index (χ1n) is 6.85. The van der Waals surface area contributed by atoms with Gasteiger partial charge in [0.15, 0.2) is 0 Å². The van der Waals surface area contributed by atoms with E-state index in [4.69, 9.17) is 4.74 Å². The van der Waals surface area contributed by atoms with Crippen LogP contribution in [0.2, 0.25) is 0 Å². The zero-order valence-corrected chi connectivity index (χ0v) is 10.7. The Bertz CT molecular complexity index is 252. The van der Waals surface area contributed by atoms with E-state index in [2.05, 4.69) is 17.6 Å². The van der Waals surface area contributed by atoms with Crippen LogP contribution in [0.4, 0.5) is 0 Å². The van der Waals surface area contributed by atoms with Gasteiger partial charge in [-0.25, -0.2) is 0 Å². The first kappa shape index (κ1) is 12.8. The van der Waals surface area contributed by atoms with Gasteiger partial charge in [0.2, 0.25) is 5.91 Å². The molecule has 2 aliphatic rings. The fourth-order valence-electron chi connectivity index (χ4n) is 2.73. The summed E-state index contributed by atoms with van der Waals surface area (Å²) in [5.74, 6) is 0.922. The van der Waals surface area contributed by atoms with Crippen molar-refractivity contribution in [3.8, 4) is 0 Å². The maximum Gasteiger partial charge on any atom is 0.220 e. The Balaban J connectivity index is 1.62. The first-order valence-corrected chi connectivity index (χ1v) is 6.85. The largest absolute Gasteiger partial charge is 0.378 e. The molecule has 3 unspecified atom stereocenters. The number of nitrogens with one attached hydrogen (secondary N) is 2. The smallest absolute Gasteiger partial charge is 0.220 e. The van der Waals surface area contributed by atoms with Gasteiger partial charge in [0, 0.05) is 19.1 Å². The highest BCUT2D eigenvalue weighted by molar-refractivity contribution is 5.76. The van der Waals surface area contributed by atoms with E-state index in [0.29, 0.717) is 18.4 Å². The third-order valence-electron chi connectivity index (χ3n) is 3.79. The molecule has 1 amide bonds. The van der Waals surface area contributed by atoms with Crippen molar-refractivity contribution in [2.45, 2.75) is 51.2 Å². The molecule has 4 nitrogen and oxygen atoms in total. The van der Waals surface area contributed by atoms with Crippen molar-refractivity contribution >= 4 is 5.91 Å². The van der Waals surface area contributed by atoms with Crippen molar-refractivity contribution in [1.29, 1.82) is 0 Å². The predicted molar refractivity (Wildman–Crippen MR) is 66.8 cm³/mol. The molecule has 2 N–H and O–H groups in total. The molecule has 0 radical (unpaired) electrons. The lowest BCUT2D eigenvalue weighted by molar-refractivity contribution is -0.123. The molecule has 2 heterocycles. The van der Waals surface area contributed by atoms with Gasteiger partial charge in [0.05, 0.1) is 6.10 Å². The van der Waals surface area contributed by atoms with Gasteiger partial charge < -0.3 is 15.4 Å². The molecule has 0 aromatic rings. The van der Waals surface area contributed by atoms with Gasteiger partial charge in [-0.15, -0.1) is 0 Å². The van der Waals surface area contributed by atoms with E-state index in [1.165, 1.54) is 6.42 Å². The van der Waals surface area contributed by atoms with Gasteiger partial charge in [0.25, 0.3) is 0 Å². The van der Waals surface area contributed by atoms with Gasteiger partial charge in [-0.1, -0.05) is 0 Å². The molecule has 2 saturated heterocycles. The number of amides is 1. The van der Waals surface area contributed by atoms with Crippen molar-refractivity contribution < 1.29 is 9.53 Å². The summed E-state index contributed by atoms with van der Waals surface area (Å²) in [5, 5.41) is 6.47. The lowest BCUT2D eigenvalue weighted by Gasteiger charge is -2.28. The maximum atomic E-state index is 11.8. The molecule has 0 saturated carbocycles. The van der Waals surface area contributed by atoms with Crippen LogP contribution in [-0.2, 0) is 9.53 Å². The summed E-state index contributed by atoms with van der Waals surface area (Å²) in [6.45, 7) is 5.05. The quantitative estimate of drug-likeness (QED) is 0.772. The summed E-state index contributed by atoms with van der Waals surface area (Å²) in [5.41, 5.74) is 0. The average molecular weight is 240 g/mol. The fourth-order valence-corrected chi connectivity index (χ4v) is 2.73. The van der Waals surface area contributed by atoms with Crippen molar-refractivity contribution in [3.05, 3.63) is 0 Å². The van der Waals surface area contributed by atoms with Crippen molar-refractivity contribution in [2.75, 3.05) is 19.7 Å². The Morgan fingerprint density at radius 1 is 1.47 bits per heavy atom. The van der Waals surface area contributed by atoms with E-state index in [0.717, 1.165) is 39.0 Å². The molecule has 0 aromatic carbocycles. The van der Waals surface area contributed by atoms with E-state index in [-0.39, 0.29) is 12.0 Å². The van der Waals surface area contributed by atoms with E-state index in [1.807, 2.05) is 0 Å². The number of carbonyl (C=O) groups is 1. The van der Waals surface area contributed by atoms with Crippen LogP contribution in [0, 0.1) is 5.92 Å². The maximum absolute atomic E-state index is 11.8. The lowest BCUT2D eigenvalue weighted by atomic mass is 10.0. The van der Waals surface area contributed by atoms with Gasteiger partial charge in [-0.05, 0) is 51.6 Å². The molecule has 17 heavy (non-hydrogen) atoms. The van der Waals surface area contributed by atoms with Crippen molar-refractivity contribution in [3.63, 3.8) is 0 Å². The van der Waals surface area contributed by atoms with E-state index in [1.54, 1.807) is 0 Å². The molecular formula is C13H24N2O2. The lowest BCUT2D eigenvalue weighted by Crippen LogP contribution is -2.41. The number of ether oxygens (including phenoxy) is 1. The molecular weight excluding hydrogens is 216 g/mol. The second-order valence-corrected chi connectivity index (χ2v) is 5.37.